The number of hydrogen-bond donors (Lipinski definition) is 2. The molecule has 0 saturated heterocycles. The zero-order valence-electron chi connectivity index (χ0n) is 12.4. The third kappa shape index (κ3) is 6.23. The summed E-state index contributed by atoms with van der Waals surface area (Å²) in [5, 5.41) is 12.2. The molecule has 0 aliphatic carbocycles. The van der Waals surface area contributed by atoms with Crippen LogP contribution in [0.1, 0.15) is 18.9 Å². The van der Waals surface area contributed by atoms with E-state index in [-0.39, 0.29) is 13.2 Å². The standard InChI is InChI=1S/C15H25NO4/c1-3-8-19-14-5-4-13(12-16-6-9-18-2)15(11-14)20-10-7-17/h4-5,11,16-17H,3,6-10,12H2,1-2H3. The Hall–Kier alpha value is -1.30. The Bertz CT molecular complexity index is 371. The molecule has 5 heteroatoms. The van der Waals surface area contributed by atoms with E-state index in [9.17, 15) is 0 Å². The van der Waals surface area contributed by atoms with Gasteiger partial charge in [0, 0.05) is 31.8 Å². The Morgan fingerprint density at radius 1 is 1.15 bits per heavy atom. The first-order valence-electron chi connectivity index (χ1n) is 7.00. The van der Waals surface area contributed by atoms with Gasteiger partial charge in [0.2, 0.25) is 0 Å². The fourth-order valence-corrected chi connectivity index (χ4v) is 1.68. The van der Waals surface area contributed by atoms with Crippen molar-refractivity contribution in [2.45, 2.75) is 19.9 Å². The molecule has 0 radical (unpaired) electrons. The predicted molar refractivity (Wildman–Crippen MR) is 78.4 cm³/mol. The Labute approximate surface area is 120 Å². The quantitative estimate of drug-likeness (QED) is 0.604. The van der Waals surface area contributed by atoms with Crippen molar-refractivity contribution in [3.05, 3.63) is 23.8 Å². The molecule has 1 aromatic rings. The van der Waals surface area contributed by atoms with Crippen LogP contribution in [0.15, 0.2) is 18.2 Å². The molecule has 0 aromatic heterocycles. The van der Waals surface area contributed by atoms with E-state index in [0.717, 1.165) is 30.0 Å². The van der Waals surface area contributed by atoms with Gasteiger partial charge in [0.1, 0.15) is 18.1 Å². The largest absolute Gasteiger partial charge is 0.493 e. The highest BCUT2D eigenvalue weighted by molar-refractivity contribution is 5.40. The van der Waals surface area contributed by atoms with E-state index < -0.39 is 0 Å². The average Bonchev–Trinajstić information content (AvgIpc) is 2.48. The van der Waals surface area contributed by atoms with Crippen LogP contribution in [-0.2, 0) is 11.3 Å². The van der Waals surface area contributed by atoms with Crippen molar-refractivity contribution in [1.29, 1.82) is 0 Å². The summed E-state index contributed by atoms with van der Waals surface area (Å²) in [6.07, 6.45) is 0.965. The van der Waals surface area contributed by atoms with Crippen molar-refractivity contribution in [1.82, 2.24) is 5.32 Å². The Balaban J connectivity index is 2.64. The summed E-state index contributed by atoms with van der Waals surface area (Å²) in [7, 11) is 1.68. The first kappa shape index (κ1) is 16.8. The van der Waals surface area contributed by atoms with Gasteiger partial charge >= 0.3 is 0 Å². The SMILES string of the molecule is CCCOc1ccc(CNCCOC)c(OCCO)c1. The number of aliphatic hydroxyl groups excluding tert-OH is 1. The van der Waals surface area contributed by atoms with Gasteiger partial charge in [0.15, 0.2) is 0 Å². The van der Waals surface area contributed by atoms with Gasteiger partial charge in [-0.3, -0.25) is 0 Å². The van der Waals surface area contributed by atoms with E-state index in [1.807, 2.05) is 18.2 Å². The molecule has 0 heterocycles. The van der Waals surface area contributed by atoms with Crippen LogP contribution in [-0.4, -0.2) is 45.2 Å². The Morgan fingerprint density at radius 2 is 2.00 bits per heavy atom. The average molecular weight is 283 g/mol. The first-order valence-corrected chi connectivity index (χ1v) is 7.00. The third-order valence-electron chi connectivity index (χ3n) is 2.66. The maximum Gasteiger partial charge on any atom is 0.127 e. The van der Waals surface area contributed by atoms with Crippen LogP contribution in [0.25, 0.3) is 0 Å². The molecule has 2 N–H and O–H groups in total. The number of nitrogens with one attached hydrogen (secondary N) is 1. The summed E-state index contributed by atoms with van der Waals surface area (Å²) in [4.78, 5) is 0. The molecule has 0 amide bonds. The van der Waals surface area contributed by atoms with Crippen molar-refractivity contribution in [3.63, 3.8) is 0 Å². The van der Waals surface area contributed by atoms with E-state index in [0.29, 0.717) is 19.8 Å². The van der Waals surface area contributed by atoms with Crippen LogP contribution in [0.4, 0.5) is 0 Å². The number of methoxy groups -OCH3 is 1. The van der Waals surface area contributed by atoms with Gasteiger partial charge in [-0.05, 0) is 12.5 Å². The molecule has 1 aromatic carbocycles. The minimum Gasteiger partial charge on any atom is -0.493 e. The van der Waals surface area contributed by atoms with Crippen molar-refractivity contribution in [2.24, 2.45) is 0 Å². The van der Waals surface area contributed by atoms with E-state index in [1.54, 1.807) is 7.11 Å². The smallest absolute Gasteiger partial charge is 0.127 e. The second kappa shape index (κ2) is 10.5. The zero-order chi connectivity index (χ0) is 14.6. The van der Waals surface area contributed by atoms with Gasteiger partial charge in [0.05, 0.1) is 19.8 Å². The summed E-state index contributed by atoms with van der Waals surface area (Å²) < 4.78 is 16.1. The molecular weight excluding hydrogens is 258 g/mol. The van der Waals surface area contributed by atoms with Crippen molar-refractivity contribution in [3.8, 4) is 11.5 Å². The summed E-state index contributed by atoms with van der Waals surface area (Å²) in [5.41, 5.74) is 1.04. The highest BCUT2D eigenvalue weighted by atomic mass is 16.5. The molecule has 0 aliphatic heterocycles. The fraction of sp³-hybridized carbons (Fsp3) is 0.600. The molecule has 0 aliphatic rings. The predicted octanol–water partition coefficient (Wildman–Crippen LogP) is 1.58. The van der Waals surface area contributed by atoms with Crippen LogP contribution in [0.5, 0.6) is 11.5 Å². The van der Waals surface area contributed by atoms with E-state index in [1.165, 1.54) is 0 Å². The van der Waals surface area contributed by atoms with Crippen LogP contribution in [0.2, 0.25) is 0 Å². The van der Waals surface area contributed by atoms with Gasteiger partial charge in [-0.15, -0.1) is 0 Å². The van der Waals surface area contributed by atoms with Crippen LogP contribution in [0.3, 0.4) is 0 Å². The summed E-state index contributed by atoms with van der Waals surface area (Å²) >= 11 is 0. The van der Waals surface area contributed by atoms with Crippen molar-refractivity contribution >= 4 is 0 Å². The molecule has 20 heavy (non-hydrogen) atoms. The number of benzene rings is 1. The van der Waals surface area contributed by atoms with Crippen molar-refractivity contribution in [2.75, 3.05) is 40.1 Å². The normalized spacial score (nSPS) is 10.6. The molecule has 0 spiro atoms. The van der Waals surface area contributed by atoms with Gasteiger partial charge in [-0.25, -0.2) is 0 Å². The molecule has 0 fully saturated rings. The van der Waals surface area contributed by atoms with Crippen LogP contribution < -0.4 is 14.8 Å². The van der Waals surface area contributed by atoms with Gasteiger partial charge in [-0.2, -0.15) is 0 Å². The van der Waals surface area contributed by atoms with Gasteiger partial charge < -0.3 is 24.6 Å². The Kier molecular flexibility index (Phi) is 8.78. The lowest BCUT2D eigenvalue weighted by Gasteiger charge is -2.14. The maximum absolute atomic E-state index is 8.89. The third-order valence-corrected chi connectivity index (χ3v) is 2.66. The topological polar surface area (TPSA) is 60.0 Å². The number of rotatable bonds is 11. The molecule has 0 bridgehead atoms. The maximum atomic E-state index is 8.89. The lowest BCUT2D eigenvalue weighted by molar-refractivity contribution is 0.196. The van der Waals surface area contributed by atoms with E-state index in [2.05, 4.69) is 12.2 Å². The molecule has 0 saturated carbocycles. The van der Waals surface area contributed by atoms with Crippen molar-refractivity contribution < 1.29 is 19.3 Å². The van der Waals surface area contributed by atoms with Crippen LogP contribution >= 0.6 is 0 Å². The molecule has 1 rings (SSSR count). The van der Waals surface area contributed by atoms with Gasteiger partial charge in [-0.1, -0.05) is 13.0 Å². The number of hydrogen-bond acceptors (Lipinski definition) is 5. The molecule has 0 unspecified atom stereocenters. The lowest BCUT2D eigenvalue weighted by Crippen LogP contribution is -2.19. The number of ether oxygens (including phenoxy) is 3. The first-order chi connectivity index (χ1) is 9.81. The second-order valence-corrected chi connectivity index (χ2v) is 4.36. The summed E-state index contributed by atoms with van der Waals surface area (Å²) in [6, 6.07) is 5.80. The molecular formula is C15H25NO4. The molecule has 114 valence electrons. The highest BCUT2D eigenvalue weighted by Gasteiger charge is 2.06. The van der Waals surface area contributed by atoms with Gasteiger partial charge in [0.25, 0.3) is 0 Å². The Morgan fingerprint density at radius 3 is 2.70 bits per heavy atom. The monoisotopic (exact) mass is 283 g/mol. The summed E-state index contributed by atoms with van der Waals surface area (Å²) in [5.74, 6) is 1.54. The molecule has 0 atom stereocenters. The fourth-order valence-electron chi connectivity index (χ4n) is 1.68. The zero-order valence-corrected chi connectivity index (χ0v) is 12.4. The lowest BCUT2D eigenvalue weighted by atomic mass is 10.2. The van der Waals surface area contributed by atoms with E-state index >= 15 is 0 Å². The van der Waals surface area contributed by atoms with E-state index in [4.69, 9.17) is 19.3 Å². The minimum atomic E-state index is -0.00338. The number of aliphatic hydroxyl groups is 1. The molecule has 5 nitrogen and oxygen atoms in total. The second-order valence-electron chi connectivity index (χ2n) is 4.36. The van der Waals surface area contributed by atoms with Crippen LogP contribution in [0, 0.1) is 0 Å². The minimum absolute atomic E-state index is 0.00338. The highest BCUT2D eigenvalue weighted by Crippen LogP contribution is 2.25. The summed E-state index contributed by atoms with van der Waals surface area (Å²) in [6.45, 7) is 5.17.